The van der Waals surface area contributed by atoms with Crippen molar-refractivity contribution in [2.75, 3.05) is 5.75 Å². The van der Waals surface area contributed by atoms with E-state index in [2.05, 4.69) is 15.5 Å². The zero-order chi connectivity index (χ0) is 10.8. The van der Waals surface area contributed by atoms with Gasteiger partial charge in [0.25, 0.3) is 0 Å². The van der Waals surface area contributed by atoms with Gasteiger partial charge in [-0.05, 0) is 31.4 Å². The molecule has 1 aromatic heterocycles. The van der Waals surface area contributed by atoms with Crippen molar-refractivity contribution in [3.8, 4) is 0 Å². The Morgan fingerprint density at radius 3 is 2.94 bits per heavy atom. The Morgan fingerprint density at radius 2 is 2.19 bits per heavy atom. The van der Waals surface area contributed by atoms with E-state index in [1.807, 2.05) is 11.8 Å². The van der Waals surface area contributed by atoms with E-state index in [0.717, 1.165) is 18.3 Å². The highest BCUT2D eigenvalue weighted by molar-refractivity contribution is 7.99. The fourth-order valence-electron chi connectivity index (χ4n) is 1.92. The van der Waals surface area contributed by atoms with Gasteiger partial charge in [0.2, 0.25) is 11.8 Å². The molecule has 1 atom stereocenters. The van der Waals surface area contributed by atoms with Crippen molar-refractivity contribution in [1.82, 2.24) is 15.5 Å². The molecule has 0 amide bonds. The molecule has 1 N–H and O–H groups in total. The standard InChI is InChI=1S/C11H17N3OS/c1-2-6-16-9(3-1)11-14-13-10(15-11)7-12-8-4-5-8/h8-9,12H,1-7H2. The lowest BCUT2D eigenvalue weighted by Crippen LogP contribution is -2.15. The number of nitrogens with one attached hydrogen (secondary N) is 1. The van der Waals surface area contributed by atoms with Gasteiger partial charge >= 0.3 is 0 Å². The van der Waals surface area contributed by atoms with Gasteiger partial charge in [0.05, 0.1) is 11.8 Å². The van der Waals surface area contributed by atoms with E-state index in [1.54, 1.807) is 0 Å². The van der Waals surface area contributed by atoms with Crippen molar-refractivity contribution in [2.24, 2.45) is 0 Å². The summed E-state index contributed by atoms with van der Waals surface area (Å²) < 4.78 is 5.70. The molecule has 0 aromatic carbocycles. The van der Waals surface area contributed by atoms with Crippen LogP contribution in [-0.2, 0) is 6.54 Å². The molecule has 5 heteroatoms. The van der Waals surface area contributed by atoms with Gasteiger partial charge in [-0.25, -0.2) is 0 Å². The van der Waals surface area contributed by atoms with E-state index in [1.165, 1.54) is 37.9 Å². The molecule has 2 fully saturated rings. The summed E-state index contributed by atoms with van der Waals surface area (Å²) in [6.45, 7) is 0.731. The van der Waals surface area contributed by atoms with Crippen LogP contribution in [0.3, 0.4) is 0 Å². The molecule has 1 saturated heterocycles. The average Bonchev–Trinajstić information content (AvgIpc) is 3.05. The van der Waals surface area contributed by atoms with E-state index in [0.29, 0.717) is 11.3 Å². The highest BCUT2D eigenvalue weighted by atomic mass is 32.2. The second kappa shape index (κ2) is 4.75. The molecule has 1 aromatic rings. The van der Waals surface area contributed by atoms with Crippen molar-refractivity contribution in [3.63, 3.8) is 0 Å². The lowest BCUT2D eigenvalue weighted by Gasteiger charge is -2.17. The fraction of sp³-hybridized carbons (Fsp3) is 0.818. The first-order valence-corrected chi connectivity index (χ1v) is 7.14. The molecule has 4 nitrogen and oxygen atoms in total. The summed E-state index contributed by atoms with van der Waals surface area (Å²) in [6.07, 6.45) is 6.38. The molecule has 0 spiro atoms. The Bertz CT molecular complexity index is 345. The minimum Gasteiger partial charge on any atom is -0.423 e. The number of thioether (sulfide) groups is 1. The molecular formula is C11H17N3OS. The van der Waals surface area contributed by atoms with Crippen molar-refractivity contribution >= 4 is 11.8 Å². The van der Waals surface area contributed by atoms with E-state index >= 15 is 0 Å². The van der Waals surface area contributed by atoms with Gasteiger partial charge in [-0.2, -0.15) is 0 Å². The lowest BCUT2D eigenvalue weighted by molar-refractivity contribution is 0.421. The van der Waals surface area contributed by atoms with Crippen LogP contribution >= 0.6 is 11.8 Å². The lowest BCUT2D eigenvalue weighted by atomic mass is 10.2. The van der Waals surface area contributed by atoms with E-state index < -0.39 is 0 Å². The molecule has 3 rings (SSSR count). The highest BCUT2D eigenvalue weighted by Crippen LogP contribution is 2.37. The molecule has 2 aliphatic rings. The Kier molecular flexibility index (Phi) is 3.15. The predicted molar refractivity (Wildman–Crippen MR) is 63.2 cm³/mol. The molecule has 0 bridgehead atoms. The number of hydrogen-bond acceptors (Lipinski definition) is 5. The topological polar surface area (TPSA) is 51.0 Å². The molecular weight excluding hydrogens is 222 g/mol. The van der Waals surface area contributed by atoms with Gasteiger partial charge in [-0.3, -0.25) is 0 Å². The average molecular weight is 239 g/mol. The summed E-state index contributed by atoms with van der Waals surface area (Å²) in [5.74, 6) is 2.80. The van der Waals surface area contributed by atoms with Crippen LogP contribution in [0.15, 0.2) is 4.42 Å². The third-order valence-electron chi connectivity index (χ3n) is 3.06. The van der Waals surface area contributed by atoms with Crippen LogP contribution in [-0.4, -0.2) is 22.0 Å². The first-order valence-electron chi connectivity index (χ1n) is 6.09. The molecule has 2 heterocycles. The van der Waals surface area contributed by atoms with Crippen molar-refractivity contribution in [3.05, 3.63) is 11.8 Å². The minimum atomic E-state index is 0.441. The summed E-state index contributed by atoms with van der Waals surface area (Å²) >= 11 is 1.95. The monoisotopic (exact) mass is 239 g/mol. The van der Waals surface area contributed by atoms with E-state index in [-0.39, 0.29) is 0 Å². The third kappa shape index (κ3) is 2.58. The summed E-state index contributed by atoms with van der Waals surface area (Å²) in [5.41, 5.74) is 0. The first-order chi connectivity index (χ1) is 7.92. The van der Waals surface area contributed by atoms with Crippen molar-refractivity contribution < 1.29 is 4.42 Å². The Hall–Kier alpha value is -0.550. The summed E-state index contributed by atoms with van der Waals surface area (Å²) in [4.78, 5) is 0. The maximum atomic E-state index is 5.70. The molecule has 88 valence electrons. The van der Waals surface area contributed by atoms with Gasteiger partial charge in [0, 0.05) is 6.04 Å². The Balaban J connectivity index is 1.57. The van der Waals surface area contributed by atoms with Gasteiger partial charge in [-0.1, -0.05) is 6.42 Å². The second-order valence-electron chi connectivity index (χ2n) is 4.54. The first kappa shape index (κ1) is 10.6. The van der Waals surface area contributed by atoms with Crippen LogP contribution < -0.4 is 5.32 Å². The zero-order valence-corrected chi connectivity index (χ0v) is 10.1. The number of hydrogen-bond donors (Lipinski definition) is 1. The van der Waals surface area contributed by atoms with Crippen LogP contribution in [0.2, 0.25) is 0 Å². The van der Waals surface area contributed by atoms with Crippen LogP contribution in [0.5, 0.6) is 0 Å². The normalized spacial score (nSPS) is 25.9. The largest absolute Gasteiger partial charge is 0.423 e. The molecule has 16 heavy (non-hydrogen) atoms. The molecule has 1 aliphatic heterocycles. The van der Waals surface area contributed by atoms with E-state index in [9.17, 15) is 0 Å². The van der Waals surface area contributed by atoms with Crippen LogP contribution in [0.25, 0.3) is 0 Å². The predicted octanol–water partition coefficient (Wildman–Crippen LogP) is 2.28. The molecule has 1 unspecified atom stereocenters. The van der Waals surface area contributed by atoms with Gasteiger partial charge in [0.15, 0.2) is 0 Å². The fourth-order valence-corrected chi connectivity index (χ4v) is 3.15. The van der Waals surface area contributed by atoms with Crippen LogP contribution in [0.1, 0.15) is 49.1 Å². The molecule has 1 aliphatic carbocycles. The van der Waals surface area contributed by atoms with Crippen LogP contribution in [0, 0.1) is 0 Å². The summed E-state index contributed by atoms with van der Waals surface area (Å²) in [6, 6.07) is 0.694. The maximum absolute atomic E-state index is 5.70. The van der Waals surface area contributed by atoms with Gasteiger partial charge in [-0.15, -0.1) is 22.0 Å². The second-order valence-corrected chi connectivity index (χ2v) is 5.86. The Morgan fingerprint density at radius 1 is 1.25 bits per heavy atom. The molecule has 1 saturated carbocycles. The quantitative estimate of drug-likeness (QED) is 0.873. The number of aromatic nitrogens is 2. The van der Waals surface area contributed by atoms with Gasteiger partial charge < -0.3 is 9.73 Å². The molecule has 0 radical (unpaired) electrons. The highest BCUT2D eigenvalue weighted by Gasteiger charge is 2.23. The summed E-state index contributed by atoms with van der Waals surface area (Å²) in [5, 5.41) is 12.1. The van der Waals surface area contributed by atoms with Gasteiger partial charge in [0.1, 0.15) is 0 Å². The number of rotatable bonds is 4. The number of nitrogens with zero attached hydrogens (tertiary/aromatic N) is 2. The third-order valence-corrected chi connectivity index (χ3v) is 4.42. The van der Waals surface area contributed by atoms with Crippen molar-refractivity contribution in [1.29, 1.82) is 0 Å². The minimum absolute atomic E-state index is 0.441. The SMILES string of the molecule is C1CCC(c2nnc(CNC3CC3)o2)SC1. The smallest absolute Gasteiger partial charge is 0.230 e. The maximum Gasteiger partial charge on any atom is 0.230 e. The van der Waals surface area contributed by atoms with Crippen molar-refractivity contribution in [2.45, 2.75) is 49.9 Å². The summed E-state index contributed by atoms with van der Waals surface area (Å²) in [7, 11) is 0. The van der Waals surface area contributed by atoms with Crippen LogP contribution in [0.4, 0.5) is 0 Å². The van der Waals surface area contributed by atoms with E-state index in [4.69, 9.17) is 4.42 Å². The zero-order valence-electron chi connectivity index (χ0n) is 9.32. The Labute approximate surface area is 99.6 Å².